The molecule has 0 aromatic heterocycles. The summed E-state index contributed by atoms with van der Waals surface area (Å²) in [6, 6.07) is 0. The van der Waals surface area contributed by atoms with Crippen molar-refractivity contribution in [1.82, 2.24) is 0 Å². The lowest BCUT2D eigenvalue weighted by Gasteiger charge is -2.14. The zero-order valence-corrected chi connectivity index (χ0v) is 12.2. The first-order valence-electron chi connectivity index (χ1n) is 6.29. The SMILES string of the molecule is CCOC(=O)C(CC(C)CC)C[P+](=O)OCC. The second-order valence-electron chi connectivity index (χ2n) is 4.13. The van der Waals surface area contributed by atoms with Crippen LogP contribution < -0.4 is 0 Å². The van der Waals surface area contributed by atoms with Crippen molar-refractivity contribution < 1.29 is 18.6 Å². The topological polar surface area (TPSA) is 52.6 Å². The Morgan fingerprint density at radius 3 is 2.35 bits per heavy atom. The lowest BCUT2D eigenvalue weighted by molar-refractivity contribution is -0.147. The van der Waals surface area contributed by atoms with Crippen LogP contribution in [0, 0.1) is 11.8 Å². The van der Waals surface area contributed by atoms with E-state index in [-0.39, 0.29) is 18.0 Å². The van der Waals surface area contributed by atoms with Gasteiger partial charge in [0.05, 0.1) is 13.2 Å². The molecule has 0 N–H and O–H groups in total. The van der Waals surface area contributed by atoms with Crippen LogP contribution in [-0.4, -0.2) is 25.3 Å². The fourth-order valence-electron chi connectivity index (χ4n) is 1.53. The molecule has 3 atom stereocenters. The van der Waals surface area contributed by atoms with E-state index in [4.69, 9.17) is 9.26 Å². The molecule has 0 saturated carbocycles. The molecular weight excluding hydrogens is 239 g/mol. The van der Waals surface area contributed by atoms with E-state index < -0.39 is 8.03 Å². The number of rotatable bonds is 9. The van der Waals surface area contributed by atoms with E-state index in [1.807, 2.05) is 0 Å². The van der Waals surface area contributed by atoms with Gasteiger partial charge in [-0.05, 0) is 30.8 Å². The Hall–Kier alpha value is -0.470. The average Bonchev–Trinajstić information content (AvgIpc) is 2.28. The summed E-state index contributed by atoms with van der Waals surface area (Å²) < 4.78 is 21.6. The van der Waals surface area contributed by atoms with Crippen molar-refractivity contribution in [3.8, 4) is 0 Å². The van der Waals surface area contributed by atoms with E-state index in [2.05, 4.69) is 13.8 Å². The van der Waals surface area contributed by atoms with Gasteiger partial charge in [0.1, 0.15) is 5.92 Å². The van der Waals surface area contributed by atoms with E-state index in [9.17, 15) is 9.36 Å². The first kappa shape index (κ1) is 16.5. The Labute approximate surface area is 105 Å². The molecule has 4 nitrogen and oxygen atoms in total. The maximum Gasteiger partial charge on any atom is 0.508 e. The van der Waals surface area contributed by atoms with Crippen LogP contribution in [0.4, 0.5) is 0 Å². The molecule has 0 radical (unpaired) electrons. The van der Waals surface area contributed by atoms with Crippen LogP contribution >= 0.6 is 8.03 Å². The van der Waals surface area contributed by atoms with Crippen LogP contribution in [-0.2, 0) is 18.6 Å². The highest BCUT2D eigenvalue weighted by atomic mass is 31.1. The minimum absolute atomic E-state index is 0.254. The Bertz CT molecular complexity index is 243. The smallest absolute Gasteiger partial charge is 0.466 e. The second-order valence-corrected chi connectivity index (χ2v) is 5.42. The number of hydrogen-bond donors (Lipinski definition) is 0. The summed E-state index contributed by atoms with van der Waals surface area (Å²) in [6.45, 7) is 8.51. The molecule has 0 rings (SSSR count). The third-order valence-electron chi connectivity index (χ3n) is 2.65. The Balaban J connectivity index is 4.38. The van der Waals surface area contributed by atoms with Gasteiger partial charge in [0.25, 0.3) is 0 Å². The highest BCUT2D eigenvalue weighted by Crippen LogP contribution is 2.29. The van der Waals surface area contributed by atoms with Crippen LogP contribution in [0.1, 0.15) is 40.5 Å². The van der Waals surface area contributed by atoms with Crippen molar-refractivity contribution >= 4 is 14.0 Å². The molecule has 0 aliphatic carbocycles. The first-order chi connectivity index (χ1) is 8.04. The monoisotopic (exact) mass is 263 g/mol. The van der Waals surface area contributed by atoms with Crippen molar-refractivity contribution in [2.75, 3.05) is 19.4 Å². The van der Waals surface area contributed by atoms with Gasteiger partial charge in [-0.3, -0.25) is 4.79 Å². The third-order valence-corrected chi connectivity index (χ3v) is 3.93. The highest BCUT2D eigenvalue weighted by molar-refractivity contribution is 7.39. The maximum absolute atomic E-state index is 11.7. The molecule has 5 heteroatoms. The van der Waals surface area contributed by atoms with Gasteiger partial charge in [0.2, 0.25) is 0 Å². The lowest BCUT2D eigenvalue weighted by Crippen LogP contribution is -2.22. The summed E-state index contributed by atoms with van der Waals surface area (Å²) in [7, 11) is -1.75. The van der Waals surface area contributed by atoms with E-state index in [0.29, 0.717) is 25.6 Å². The van der Waals surface area contributed by atoms with E-state index in [1.54, 1.807) is 13.8 Å². The van der Waals surface area contributed by atoms with Gasteiger partial charge >= 0.3 is 14.0 Å². The van der Waals surface area contributed by atoms with Crippen molar-refractivity contribution in [1.29, 1.82) is 0 Å². The van der Waals surface area contributed by atoms with Gasteiger partial charge in [-0.1, -0.05) is 20.3 Å². The van der Waals surface area contributed by atoms with Crippen LogP contribution in [0.3, 0.4) is 0 Å². The Morgan fingerprint density at radius 2 is 1.88 bits per heavy atom. The van der Waals surface area contributed by atoms with Gasteiger partial charge in [0, 0.05) is 0 Å². The largest absolute Gasteiger partial charge is 0.508 e. The molecule has 0 aromatic carbocycles. The zero-order chi connectivity index (χ0) is 13.3. The molecule has 0 amide bonds. The van der Waals surface area contributed by atoms with Gasteiger partial charge in [-0.2, -0.15) is 0 Å². The molecule has 17 heavy (non-hydrogen) atoms. The summed E-state index contributed by atoms with van der Waals surface area (Å²) in [6.07, 6.45) is 1.98. The molecule has 100 valence electrons. The molecule has 0 aliphatic rings. The molecule has 0 saturated heterocycles. The molecule has 0 fully saturated rings. The Kier molecular flexibility index (Phi) is 9.28. The van der Waals surface area contributed by atoms with Crippen LogP contribution in [0.2, 0.25) is 0 Å². The maximum atomic E-state index is 11.7. The van der Waals surface area contributed by atoms with Crippen LogP contribution in [0.15, 0.2) is 0 Å². The van der Waals surface area contributed by atoms with Crippen LogP contribution in [0.5, 0.6) is 0 Å². The Morgan fingerprint density at radius 1 is 1.24 bits per heavy atom. The van der Waals surface area contributed by atoms with Crippen molar-refractivity contribution in [2.45, 2.75) is 40.5 Å². The summed E-state index contributed by atoms with van der Waals surface area (Å²) in [4.78, 5) is 11.7. The molecule has 3 unspecified atom stereocenters. The van der Waals surface area contributed by atoms with Gasteiger partial charge in [0.15, 0.2) is 6.16 Å². The van der Waals surface area contributed by atoms with E-state index >= 15 is 0 Å². The molecule has 0 aromatic rings. The fourth-order valence-corrected chi connectivity index (χ4v) is 2.59. The van der Waals surface area contributed by atoms with Gasteiger partial charge in [-0.15, -0.1) is 4.52 Å². The van der Waals surface area contributed by atoms with Crippen molar-refractivity contribution in [3.05, 3.63) is 0 Å². The summed E-state index contributed by atoms with van der Waals surface area (Å²) in [5.74, 6) is -0.134. The van der Waals surface area contributed by atoms with E-state index in [0.717, 1.165) is 6.42 Å². The zero-order valence-electron chi connectivity index (χ0n) is 11.3. The number of esters is 1. The number of carbonyl (C=O) groups is 1. The van der Waals surface area contributed by atoms with E-state index in [1.165, 1.54) is 0 Å². The number of carbonyl (C=O) groups excluding carboxylic acids is 1. The number of hydrogen-bond acceptors (Lipinski definition) is 4. The summed E-state index contributed by atoms with van der Waals surface area (Å²) >= 11 is 0. The second kappa shape index (κ2) is 9.55. The molecule has 0 spiro atoms. The van der Waals surface area contributed by atoms with Crippen molar-refractivity contribution in [2.24, 2.45) is 11.8 Å². The normalized spacial score (nSPS) is 15.2. The lowest BCUT2D eigenvalue weighted by atomic mass is 9.95. The van der Waals surface area contributed by atoms with Gasteiger partial charge < -0.3 is 4.74 Å². The van der Waals surface area contributed by atoms with Crippen LogP contribution in [0.25, 0.3) is 0 Å². The highest BCUT2D eigenvalue weighted by Gasteiger charge is 2.32. The molecule has 0 bridgehead atoms. The minimum Gasteiger partial charge on any atom is -0.466 e. The predicted molar refractivity (Wildman–Crippen MR) is 68.3 cm³/mol. The minimum atomic E-state index is -1.75. The van der Waals surface area contributed by atoms with Gasteiger partial charge in [-0.25, -0.2) is 0 Å². The third kappa shape index (κ3) is 7.45. The predicted octanol–water partition coefficient (Wildman–Crippen LogP) is 3.38. The molecular formula is C12H24O4P+. The standard InChI is InChI=1S/C12H24O4P/c1-5-10(4)8-11(12(13)15-6-2)9-17(14)16-7-3/h10-11H,5-9H2,1-4H3/q+1. The fraction of sp³-hybridized carbons (Fsp3) is 0.917. The first-order valence-corrected chi connectivity index (χ1v) is 7.65. The summed E-state index contributed by atoms with van der Waals surface area (Å²) in [5.41, 5.74) is 0. The number of ether oxygens (including phenoxy) is 1. The average molecular weight is 263 g/mol. The molecule has 0 heterocycles. The quantitative estimate of drug-likeness (QED) is 0.472. The molecule has 0 aliphatic heterocycles. The van der Waals surface area contributed by atoms with Crippen molar-refractivity contribution in [3.63, 3.8) is 0 Å². The summed E-state index contributed by atoms with van der Waals surface area (Å²) in [5, 5.41) is 0.